The van der Waals surface area contributed by atoms with Gasteiger partial charge in [-0.05, 0) is 25.2 Å². The molecule has 2 heterocycles. The topological polar surface area (TPSA) is 65.7 Å². The van der Waals surface area contributed by atoms with E-state index in [2.05, 4.69) is 5.32 Å². The van der Waals surface area contributed by atoms with E-state index in [1.165, 1.54) is 12.8 Å². The van der Waals surface area contributed by atoms with Crippen LogP contribution in [0.3, 0.4) is 0 Å². The van der Waals surface area contributed by atoms with Crippen molar-refractivity contribution in [3.63, 3.8) is 0 Å². The average Bonchev–Trinajstić information content (AvgIpc) is 3.20. The molecule has 2 unspecified atom stereocenters. The van der Waals surface area contributed by atoms with Crippen LogP contribution in [-0.2, 0) is 4.74 Å². The second-order valence-electron chi connectivity index (χ2n) is 5.80. The van der Waals surface area contributed by atoms with Crippen molar-refractivity contribution in [1.29, 1.82) is 0 Å². The molecule has 2 aliphatic heterocycles. The lowest BCUT2D eigenvalue weighted by atomic mass is 10.1. The van der Waals surface area contributed by atoms with Gasteiger partial charge in [0, 0.05) is 18.7 Å². The number of hydrogen-bond donors (Lipinski definition) is 2. The number of hydrogen-bond acceptors (Lipinski definition) is 5. The molecule has 0 aromatic heterocycles. The van der Waals surface area contributed by atoms with Crippen molar-refractivity contribution in [2.24, 2.45) is 5.92 Å². The minimum atomic E-state index is 0.336. The Labute approximate surface area is 118 Å². The maximum absolute atomic E-state index is 6.12. The first-order chi connectivity index (χ1) is 9.81. The van der Waals surface area contributed by atoms with Crippen molar-refractivity contribution in [2.75, 3.05) is 30.9 Å². The first-order valence-electron chi connectivity index (χ1n) is 7.38. The standard InChI is InChI=1S/C15H20N2O3/c16-10-7-13-14(19-6-5-18-13)8-12(10)17-11-3-4-20-15(11)9-1-2-9/h7-9,11,15,17H,1-6,16H2. The molecule has 0 amide bonds. The number of ether oxygens (including phenoxy) is 3. The number of anilines is 2. The van der Waals surface area contributed by atoms with Gasteiger partial charge in [-0.3, -0.25) is 0 Å². The third kappa shape index (κ3) is 2.16. The summed E-state index contributed by atoms with van der Waals surface area (Å²) < 4.78 is 17.0. The molecule has 5 nitrogen and oxygen atoms in total. The van der Waals surface area contributed by atoms with Crippen LogP contribution in [0.4, 0.5) is 11.4 Å². The van der Waals surface area contributed by atoms with Gasteiger partial charge in [0.15, 0.2) is 11.5 Å². The van der Waals surface area contributed by atoms with Gasteiger partial charge in [-0.15, -0.1) is 0 Å². The molecule has 108 valence electrons. The summed E-state index contributed by atoms with van der Waals surface area (Å²) in [7, 11) is 0. The molecule has 0 bridgehead atoms. The van der Waals surface area contributed by atoms with Crippen LogP contribution in [0, 0.1) is 5.92 Å². The van der Waals surface area contributed by atoms with Crippen LogP contribution in [0.2, 0.25) is 0 Å². The molecule has 1 aliphatic carbocycles. The first kappa shape index (κ1) is 12.1. The van der Waals surface area contributed by atoms with Gasteiger partial charge in [0.25, 0.3) is 0 Å². The molecule has 1 saturated heterocycles. The SMILES string of the molecule is Nc1cc2c(cc1NC1CCOC1C1CC1)OCCO2. The van der Waals surface area contributed by atoms with Gasteiger partial charge in [-0.1, -0.05) is 0 Å². The molecular formula is C15H20N2O3. The predicted octanol–water partition coefficient (Wildman–Crippen LogP) is 2.02. The van der Waals surface area contributed by atoms with Gasteiger partial charge in [0.1, 0.15) is 13.2 Å². The summed E-state index contributed by atoms with van der Waals surface area (Å²) in [5.74, 6) is 2.24. The molecule has 20 heavy (non-hydrogen) atoms. The molecule has 1 aromatic rings. The summed E-state index contributed by atoms with van der Waals surface area (Å²) in [5.41, 5.74) is 7.75. The van der Waals surface area contributed by atoms with Crippen LogP contribution in [0.15, 0.2) is 12.1 Å². The summed E-state index contributed by atoms with van der Waals surface area (Å²) in [6.07, 6.45) is 3.95. The second-order valence-corrected chi connectivity index (χ2v) is 5.80. The molecule has 1 aromatic carbocycles. The van der Waals surface area contributed by atoms with Gasteiger partial charge in [-0.2, -0.15) is 0 Å². The van der Waals surface area contributed by atoms with E-state index in [-0.39, 0.29) is 0 Å². The third-order valence-electron chi connectivity index (χ3n) is 4.28. The number of benzene rings is 1. The lowest BCUT2D eigenvalue weighted by molar-refractivity contribution is 0.0898. The monoisotopic (exact) mass is 276 g/mol. The fourth-order valence-corrected chi connectivity index (χ4v) is 3.08. The maximum atomic E-state index is 6.12. The van der Waals surface area contributed by atoms with Crippen LogP contribution in [0.1, 0.15) is 19.3 Å². The highest BCUT2D eigenvalue weighted by Gasteiger charge is 2.40. The summed E-state index contributed by atoms with van der Waals surface area (Å²) in [6.45, 7) is 2.01. The lowest BCUT2D eigenvalue weighted by Crippen LogP contribution is -2.31. The normalized spacial score (nSPS) is 28.4. The van der Waals surface area contributed by atoms with E-state index in [1.54, 1.807) is 0 Å². The van der Waals surface area contributed by atoms with E-state index < -0.39 is 0 Å². The van der Waals surface area contributed by atoms with E-state index in [0.717, 1.165) is 36.1 Å². The molecular weight excluding hydrogens is 256 g/mol. The highest BCUT2D eigenvalue weighted by molar-refractivity contribution is 5.72. The van der Waals surface area contributed by atoms with Crippen LogP contribution < -0.4 is 20.5 Å². The van der Waals surface area contributed by atoms with Gasteiger partial charge in [0.2, 0.25) is 0 Å². The molecule has 0 spiro atoms. The molecule has 0 radical (unpaired) electrons. The van der Waals surface area contributed by atoms with E-state index in [0.29, 0.717) is 31.0 Å². The fourth-order valence-electron chi connectivity index (χ4n) is 3.08. The van der Waals surface area contributed by atoms with Gasteiger partial charge in [-0.25, -0.2) is 0 Å². The number of nitrogens with two attached hydrogens (primary N) is 1. The zero-order valence-corrected chi connectivity index (χ0v) is 11.4. The van der Waals surface area contributed by atoms with E-state index >= 15 is 0 Å². The molecule has 5 heteroatoms. The largest absolute Gasteiger partial charge is 0.486 e. The summed E-state index contributed by atoms with van der Waals surface area (Å²) in [5, 5.41) is 3.55. The molecule has 2 fully saturated rings. The Morgan fingerprint density at radius 2 is 1.75 bits per heavy atom. The molecule has 2 atom stereocenters. The maximum Gasteiger partial charge on any atom is 0.163 e. The van der Waals surface area contributed by atoms with Crippen LogP contribution in [-0.4, -0.2) is 32.0 Å². The quantitative estimate of drug-likeness (QED) is 0.827. The number of nitrogen functional groups attached to an aromatic ring is 1. The van der Waals surface area contributed by atoms with Gasteiger partial charge >= 0.3 is 0 Å². The third-order valence-corrected chi connectivity index (χ3v) is 4.28. The van der Waals surface area contributed by atoms with Crippen molar-refractivity contribution in [1.82, 2.24) is 0 Å². The number of nitrogens with one attached hydrogen (secondary N) is 1. The Morgan fingerprint density at radius 1 is 1.00 bits per heavy atom. The molecule has 1 saturated carbocycles. The summed E-state index contributed by atoms with van der Waals surface area (Å²) in [6, 6.07) is 4.15. The minimum absolute atomic E-state index is 0.336. The lowest BCUT2D eigenvalue weighted by Gasteiger charge is -2.24. The molecule has 3 aliphatic rings. The zero-order chi connectivity index (χ0) is 13.5. The highest BCUT2D eigenvalue weighted by atomic mass is 16.6. The Hall–Kier alpha value is -1.62. The van der Waals surface area contributed by atoms with E-state index in [4.69, 9.17) is 19.9 Å². The van der Waals surface area contributed by atoms with Crippen molar-refractivity contribution in [2.45, 2.75) is 31.4 Å². The fraction of sp³-hybridized carbons (Fsp3) is 0.600. The van der Waals surface area contributed by atoms with Crippen LogP contribution in [0.5, 0.6) is 11.5 Å². The van der Waals surface area contributed by atoms with Crippen LogP contribution in [0.25, 0.3) is 0 Å². The number of fused-ring (bicyclic) bond motifs is 1. The van der Waals surface area contributed by atoms with Crippen molar-refractivity contribution >= 4 is 11.4 Å². The first-order valence-corrected chi connectivity index (χ1v) is 7.38. The van der Waals surface area contributed by atoms with Gasteiger partial charge < -0.3 is 25.3 Å². The van der Waals surface area contributed by atoms with E-state index in [9.17, 15) is 0 Å². The summed E-state index contributed by atoms with van der Waals surface area (Å²) >= 11 is 0. The predicted molar refractivity (Wildman–Crippen MR) is 76.3 cm³/mol. The highest BCUT2D eigenvalue weighted by Crippen LogP contribution is 2.41. The Kier molecular flexibility index (Phi) is 2.88. The minimum Gasteiger partial charge on any atom is -0.486 e. The zero-order valence-electron chi connectivity index (χ0n) is 11.4. The second kappa shape index (κ2) is 4.74. The molecule has 3 N–H and O–H groups in total. The Bertz CT molecular complexity index is 516. The summed E-state index contributed by atoms with van der Waals surface area (Å²) in [4.78, 5) is 0. The average molecular weight is 276 g/mol. The van der Waals surface area contributed by atoms with Gasteiger partial charge in [0.05, 0.1) is 23.5 Å². The molecule has 4 rings (SSSR count). The van der Waals surface area contributed by atoms with Crippen molar-refractivity contribution < 1.29 is 14.2 Å². The Balaban J connectivity index is 1.55. The van der Waals surface area contributed by atoms with E-state index in [1.807, 2.05) is 12.1 Å². The van der Waals surface area contributed by atoms with Crippen molar-refractivity contribution in [3.05, 3.63) is 12.1 Å². The van der Waals surface area contributed by atoms with Crippen LogP contribution >= 0.6 is 0 Å². The number of rotatable bonds is 3. The smallest absolute Gasteiger partial charge is 0.163 e. The Morgan fingerprint density at radius 3 is 2.50 bits per heavy atom. The van der Waals surface area contributed by atoms with Crippen molar-refractivity contribution in [3.8, 4) is 11.5 Å².